The summed E-state index contributed by atoms with van der Waals surface area (Å²) in [4.78, 5) is 0.399. The number of hydrogen-bond acceptors (Lipinski definition) is 4. The van der Waals surface area contributed by atoms with Gasteiger partial charge in [-0.05, 0) is 49.4 Å². The number of benzene rings is 1. The van der Waals surface area contributed by atoms with Crippen molar-refractivity contribution in [1.82, 2.24) is 0 Å². The molecule has 0 aromatic heterocycles. The Balaban J connectivity index is 2.05. The minimum absolute atomic E-state index is 0.202. The van der Waals surface area contributed by atoms with Crippen LogP contribution in [0.4, 0.5) is 5.69 Å². The standard InChI is InChI=1S/C14H22N2O2S/c1-2-9-19(17,18)13-7-5-12(6-8-13)16-14(10-15)11-3-4-11/h5-8,11,14,16H,2-4,9-10,15H2,1H3. The fraction of sp³-hybridized carbons (Fsp3) is 0.571. The van der Waals surface area contributed by atoms with Crippen LogP contribution in [-0.2, 0) is 9.84 Å². The van der Waals surface area contributed by atoms with Crippen molar-refractivity contribution in [2.24, 2.45) is 11.7 Å². The van der Waals surface area contributed by atoms with Crippen LogP contribution in [0.2, 0.25) is 0 Å². The van der Waals surface area contributed by atoms with Gasteiger partial charge in [-0.25, -0.2) is 8.42 Å². The van der Waals surface area contributed by atoms with Crippen LogP contribution >= 0.6 is 0 Å². The number of rotatable bonds is 7. The highest BCUT2D eigenvalue weighted by molar-refractivity contribution is 7.91. The lowest BCUT2D eigenvalue weighted by molar-refractivity contribution is 0.594. The van der Waals surface area contributed by atoms with Gasteiger partial charge in [0.25, 0.3) is 0 Å². The summed E-state index contributed by atoms with van der Waals surface area (Å²) in [6.07, 6.45) is 3.11. The number of sulfone groups is 1. The van der Waals surface area contributed by atoms with Crippen LogP contribution in [0.3, 0.4) is 0 Å². The Hall–Kier alpha value is -1.07. The lowest BCUT2D eigenvalue weighted by Crippen LogP contribution is -2.30. The van der Waals surface area contributed by atoms with Gasteiger partial charge in [-0.15, -0.1) is 0 Å². The summed E-state index contributed by atoms with van der Waals surface area (Å²) in [7, 11) is -3.12. The van der Waals surface area contributed by atoms with Crippen molar-refractivity contribution in [1.29, 1.82) is 0 Å². The molecule has 1 atom stereocenters. The Labute approximate surface area is 115 Å². The van der Waals surface area contributed by atoms with E-state index in [2.05, 4.69) is 5.32 Å². The van der Waals surface area contributed by atoms with Crippen LogP contribution in [0.5, 0.6) is 0 Å². The Morgan fingerprint density at radius 1 is 1.32 bits per heavy atom. The first kappa shape index (κ1) is 14.3. The van der Waals surface area contributed by atoms with Crippen molar-refractivity contribution in [3.63, 3.8) is 0 Å². The zero-order chi connectivity index (χ0) is 13.9. The number of anilines is 1. The molecular formula is C14H22N2O2S. The van der Waals surface area contributed by atoms with E-state index in [-0.39, 0.29) is 5.75 Å². The Kier molecular flexibility index (Phi) is 4.47. The summed E-state index contributed by atoms with van der Waals surface area (Å²) < 4.78 is 23.8. The molecule has 1 aromatic rings. The second-order valence-electron chi connectivity index (χ2n) is 5.17. The minimum atomic E-state index is -3.12. The zero-order valence-corrected chi connectivity index (χ0v) is 12.1. The predicted octanol–water partition coefficient (Wildman–Crippen LogP) is 2.02. The topological polar surface area (TPSA) is 72.2 Å². The van der Waals surface area contributed by atoms with E-state index in [1.807, 2.05) is 19.1 Å². The number of nitrogens with one attached hydrogen (secondary N) is 1. The molecule has 1 saturated carbocycles. The zero-order valence-electron chi connectivity index (χ0n) is 11.3. The minimum Gasteiger partial charge on any atom is -0.381 e. The van der Waals surface area contributed by atoms with Gasteiger partial charge in [0.2, 0.25) is 0 Å². The van der Waals surface area contributed by atoms with E-state index in [1.54, 1.807) is 12.1 Å². The monoisotopic (exact) mass is 282 g/mol. The highest BCUT2D eigenvalue weighted by atomic mass is 32.2. The molecule has 1 aromatic carbocycles. The van der Waals surface area contributed by atoms with Gasteiger partial charge in [0.15, 0.2) is 9.84 Å². The third-order valence-corrected chi connectivity index (χ3v) is 5.42. The van der Waals surface area contributed by atoms with E-state index in [0.717, 1.165) is 5.69 Å². The fourth-order valence-electron chi connectivity index (χ4n) is 2.23. The Morgan fingerprint density at radius 2 is 1.95 bits per heavy atom. The third-order valence-electron chi connectivity index (χ3n) is 3.48. The summed E-state index contributed by atoms with van der Waals surface area (Å²) >= 11 is 0. The van der Waals surface area contributed by atoms with Crippen molar-refractivity contribution in [3.8, 4) is 0 Å². The van der Waals surface area contributed by atoms with Crippen LogP contribution in [0.25, 0.3) is 0 Å². The lowest BCUT2D eigenvalue weighted by Gasteiger charge is -2.17. The summed E-state index contributed by atoms with van der Waals surface area (Å²) in [5.74, 6) is 0.876. The maximum absolute atomic E-state index is 11.9. The fourth-order valence-corrected chi connectivity index (χ4v) is 3.55. The van der Waals surface area contributed by atoms with Crippen LogP contribution in [0.15, 0.2) is 29.2 Å². The molecule has 1 fully saturated rings. The van der Waals surface area contributed by atoms with Crippen LogP contribution in [0, 0.1) is 5.92 Å². The van der Waals surface area contributed by atoms with E-state index in [4.69, 9.17) is 5.73 Å². The van der Waals surface area contributed by atoms with Gasteiger partial charge in [0.1, 0.15) is 0 Å². The van der Waals surface area contributed by atoms with Crippen molar-refractivity contribution in [2.45, 2.75) is 37.1 Å². The van der Waals surface area contributed by atoms with Gasteiger partial charge in [0, 0.05) is 18.3 Å². The molecule has 5 heteroatoms. The van der Waals surface area contributed by atoms with Gasteiger partial charge in [-0.2, -0.15) is 0 Å². The maximum Gasteiger partial charge on any atom is 0.178 e. The molecule has 4 nitrogen and oxygen atoms in total. The van der Waals surface area contributed by atoms with Gasteiger partial charge >= 0.3 is 0 Å². The molecule has 0 saturated heterocycles. The second-order valence-corrected chi connectivity index (χ2v) is 7.28. The first-order chi connectivity index (χ1) is 9.06. The molecule has 1 aliphatic rings. The first-order valence-electron chi connectivity index (χ1n) is 6.86. The molecule has 1 unspecified atom stereocenters. The van der Waals surface area contributed by atoms with Crippen LogP contribution in [-0.4, -0.2) is 26.8 Å². The maximum atomic E-state index is 11.9. The van der Waals surface area contributed by atoms with Gasteiger partial charge < -0.3 is 11.1 Å². The highest BCUT2D eigenvalue weighted by Crippen LogP contribution is 2.33. The molecule has 0 radical (unpaired) electrons. The molecule has 106 valence electrons. The van der Waals surface area contributed by atoms with Crippen LogP contribution < -0.4 is 11.1 Å². The molecular weight excluding hydrogens is 260 g/mol. The molecule has 0 spiro atoms. The summed E-state index contributed by atoms with van der Waals surface area (Å²) in [6, 6.07) is 7.31. The molecule has 1 aliphatic carbocycles. The molecule has 0 heterocycles. The molecule has 2 rings (SSSR count). The average Bonchev–Trinajstić information content (AvgIpc) is 3.21. The molecule has 3 N–H and O–H groups in total. The summed E-state index contributed by atoms with van der Waals surface area (Å²) in [5.41, 5.74) is 6.68. The highest BCUT2D eigenvalue weighted by Gasteiger charge is 2.30. The van der Waals surface area contributed by atoms with Gasteiger partial charge in [0.05, 0.1) is 10.6 Å². The number of hydrogen-bond donors (Lipinski definition) is 2. The number of nitrogens with two attached hydrogens (primary N) is 1. The van der Waals surface area contributed by atoms with E-state index >= 15 is 0 Å². The molecule has 0 amide bonds. The quantitative estimate of drug-likeness (QED) is 0.802. The smallest absolute Gasteiger partial charge is 0.178 e. The van der Waals surface area contributed by atoms with Crippen molar-refractivity contribution in [2.75, 3.05) is 17.6 Å². The van der Waals surface area contributed by atoms with Gasteiger partial charge in [-0.1, -0.05) is 6.92 Å². The van der Waals surface area contributed by atoms with Crippen molar-refractivity contribution < 1.29 is 8.42 Å². The van der Waals surface area contributed by atoms with Crippen molar-refractivity contribution >= 4 is 15.5 Å². The van der Waals surface area contributed by atoms with Crippen LogP contribution in [0.1, 0.15) is 26.2 Å². The summed E-state index contributed by atoms with van der Waals surface area (Å²) in [5, 5.41) is 3.38. The largest absolute Gasteiger partial charge is 0.381 e. The van der Waals surface area contributed by atoms with E-state index in [9.17, 15) is 8.42 Å². The average molecular weight is 282 g/mol. The van der Waals surface area contributed by atoms with E-state index in [1.165, 1.54) is 12.8 Å². The molecule has 0 bridgehead atoms. The molecule has 0 aliphatic heterocycles. The molecule has 19 heavy (non-hydrogen) atoms. The third kappa shape index (κ3) is 3.70. The normalized spacial score (nSPS) is 17.2. The Bertz CT molecular complexity index is 507. The van der Waals surface area contributed by atoms with E-state index in [0.29, 0.717) is 29.8 Å². The first-order valence-corrected chi connectivity index (χ1v) is 8.51. The summed E-state index contributed by atoms with van der Waals surface area (Å²) in [6.45, 7) is 2.48. The van der Waals surface area contributed by atoms with Crippen molar-refractivity contribution in [3.05, 3.63) is 24.3 Å². The SMILES string of the molecule is CCCS(=O)(=O)c1ccc(NC(CN)C2CC2)cc1. The lowest BCUT2D eigenvalue weighted by atomic mass is 10.1. The second kappa shape index (κ2) is 5.92. The van der Waals surface area contributed by atoms with Gasteiger partial charge in [-0.3, -0.25) is 0 Å². The Morgan fingerprint density at radius 3 is 2.42 bits per heavy atom. The predicted molar refractivity (Wildman–Crippen MR) is 78.0 cm³/mol. The van der Waals surface area contributed by atoms with E-state index < -0.39 is 9.84 Å².